The Morgan fingerprint density at radius 3 is 3.05 bits per heavy atom. The van der Waals surface area contributed by atoms with E-state index in [-0.39, 0.29) is 0 Å². The molecule has 0 atom stereocenters. The Bertz CT molecular complexity index is 550. The van der Waals surface area contributed by atoms with Crippen LogP contribution in [0.1, 0.15) is 5.56 Å². The minimum Gasteiger partial charge on any atom is -0.359 e. The highest BCUT2D eigenvalue weighted by atomic mass is 32.1. The summed E-state index contributed by atoms with van der Waals surface area (Å²) in [5, 5.41) is 9.85. The Kier molecular flexibility index (Phi) is 5.06. The van der Waals surface area contributed by atoms with Gasteiger partial charge in [0.1, 0.15) is 5.01 Å². The predicted octanol–water partition coefficient (Wildman–Crippen LogP) is 2.96. The van der Waals surface area contributed by atoms with Gasteiger partial charge in [0, 0.05) is 30.2 Å². The van der Waals surface area contributed by atoms with Gasteiger partial charge in [-0.3, -0.25) is 0 Å². The van der Waals surface area contributed by atoms with Gasteiger partial charge in [-0.2, -0.15) is 0 Å². The van der Waals surface area contributed by atoms with Gasteiger partial charge >= 0.3 is 0 Å². The van der Waals surface area contributed by atoms with Crippen molar-refractivity contribution in [2.24, 2.45) is 0 Å². The van der Waals surface area contributed by atoms with Gasteiger partial charge in [0.25, 0.3) is 0 Å². The number of thiocarbonyl (C=S) groups is 1. The zero-order valence-corrected chi connectivity index (χ0v) is 12.1. The Balaban J connectivity index is 1.96. The summed E-state index contributed by atoms with van der Waals surface area (Å²) >= 11 is 6.79. The van der Waals surface area contributed by atoms with Crippen molar-refractivity contribution in [2.45, 2.75) is 6.54 Å². The van der Waals surface area contributed by atoms with Crippen molar-refractivity contribution in [1.29, 1.82) is 0 Å². The third kappa shape index (κ3) is 4.15. The van der Waals surface area contributed by atoms with Gasteiger partial charge in [-0.05, 0) is 23.8 Å². The number of nitrogens with zero attached hydrogens (tertiary/aromatic N) is 1. The van der Waals surface area contributed by atoms with E-state index in [9.17, 15) is 0 Å². The van der Waals surface area contributed by atoms with Crippen molar-refractivity contribution < 1.29 is 0 Å². The monoisotopic (exact) mass is 289 g/mol. The van der Waals surface area contributed by atoms with Crippen LogP contribution in [0.25, 0.3) is 10.6 Å². The van der Waals surface area contributed by atoms with Crippen LogP contribution in [0.4, 0.5) is 0 Å². The molecule has 0 aliphatic carbocycles. The first-order chi connectivity index (χ1) is 9.29. The first-order valence-electron chi connectivity index (χ1n) is 5.91. The minimum atomic E-state index is 0.638. The van der Waals surface area contributed by atoms with E-state index >= 15 is 0 Å². The molecule has 3 nitrogen and oxygen atoms in total. The molecular weight excluding hydrogens is 274 g/mol. The van der Waals surface area contributed by atoms with Crippen molar-refractivity contribution in [1.82, 2.24) is 15.6 Å². The van der Waals surface area contributed by atoms with E-state index in [1.807, 2.05) is 17.6 Å². The molecule has 0 aliphatic rings. The Hall–Kier alpha value is -1.72. The highest BCUT2D eigenvalue weighted by Crippen LogP contribution is 2.22. The topological polar surface area (TPSA) is 37.0 Å². The van der Waals surface area contributed by atoms with Gasteiger partial charge in [-0.25, -0.2) is 4.98 Å². The summed E-state index contributed by atoms with van der Waals surface area (Å²) in [4.78, 5) is 4.31. The number of rotatable bonds is 5. The van der Waals surface area contributed by atoms with E-state index in [0.29, 0.717) is 18.2 Å². The lowest BCUT2D eigenvalue weighted by molar-refractivity contribution is 0.873. The SMILES string of the molecule is C=CCNC(=S)NCc1cccc(-c2nccs2)c1. The molecule has 0 unspecified atom stereocenters. The average molecular weight is 289 g/mol. The summed E-state index contributed by atoms with van der Waals surface area (Å²) < 4.78 is 0. The number of hydrogen-bond acceptors (Lipinski definition) is 3. The summed E-state index contributed by atoms with van der Waals surface area (Å²) in [6, 6.07) is 8.30. The van der Waals surface area contributed by atoms with E-state index < -0.39 is 0 Å². The molecule has 1 heterocycles. The molecule has 0 radical (unpaired) electrons. The lowest BCUT2D eigenvalue weighted by Gasteiger charge is -2.09. The molecule has 5 heteroatoms. The summed E-state index contributed by atoms with van der Waals surface area (Å²) in [5.74, 6) is 0. The van der Waals surface area contributed by atoms with Gasteiger partial charge in [-0.1, -0.05) is 24.3 Å². The quantitative estimate of drug-likeness (QED) is 0.655. The highest BCUT2D eigenvalue weighted by Gasteiger charge is 2.02. The maximum Gasteiger partial charge on any atom is 0.166 e. The molecule has 0 spiro atoms. The number of aromatic nitrogens is 1. The van der Waals surface area contributed by atoms with E-state index in [4.69, 9.17) is 12.2 Å². The van der Waals surface area contributed by atoms with Crippen LogP contribution in [-0.4, -0.2) is 16.6 Å². The zero-order valence-electron chi connectivity index (χ0n) is 10.4. The molecule has 2 aromatic rings. The molecule has 0 saturated carbocycles. The molecule has 0 fully saturated rings. The maximum atomic E-state index is 5.15. The number of nitrogens with one attached hydrogen (secondary N) is 2. The van der Waals surface area contributed by atoms with Crippen molar-refractivity contribution in [3.63, 3.8) is 0 Å². The van der Waals surface area contributed by atoms with Crippen molar-refractivity contribution >= 4 is 28.7 Å². The summed E-state index contributed by atoms with van der Waals surface area (Å²) in [6.07, 6.45) is 3.59. The first-order valence-corrected chi connectivity index (χ1v) is 7.20. The number of hydrogen-bond donors (Lipinski definition) is 2. The molecule has 98 valence electrons. The summed E-state index contributed by atoms with van der Waals surface area (Å²) in [7, 11) is 0. The third-order valence-electron chi connectivity index (χ3n) is 2.47. The van der Waals surface area contributed by atoms with Crippen LogP contribution < -0.4 is 10.6 Å². The average Bonchev–Trinajstić information content (AvgIpc) is 2.97. The van der Waals surface area contributed by atoms with Gasteiger partial charge in [0.05, 0.1) is 0 Å². The van der Waals surface area contributed by atoms with Crippen LogP contribution in [0.5, 0.6) is 0 Å². The predicted molar refractivity (Wildman–Crippen MR) is 85.2 cm³/mol. The van der Waals surface area contributed by atoms with E-state index in [0.717, 1.165) is 10.6 Å². The standard InChI is InChI=1S/C14H15N3S2/c1-2-6-16-14(18)17-10-11-4-3-5-12(9-11)13-15-7-8-19-13/h2-5,7-9H,1,6,10H2,(H2,16,17,18). The van der Waals surface area contributed by atoms with Crippen LogP contribution in [0, 0.1) is 0 Å². The Labute approximate surface area is 122 Å². The molecule has 0 bridgehead atoms. The fourth-order valence-corrected chi connectivity index (χ4v) is 2.38. The van der Waals surface area contributed by atoms with Gasteiger partial charge in [0.2, 0.25) is 0 Å². The van der Waals surface area contributed by atoms with Crippen LogP contribution in [0.2, 0.25) is 0 Å². The van der Waals surface area contributed by atoms with Gasteiger partial charge < -0.3 is 10.6 Å². The Morgan fingerprint density at radius 1 is 1.42 bits per heavy atom. The normalized spacial score (nSPS) is 9.89. The molecule has 19 heavy (non-hydrogen) atoms. The minimum absolute atomic E-state index is 0.638. The van der Waals surface area contributed by atoms with E-state index in [1.165, 1.54) is 5.56 Å². The van der Waals surface area contributed by atoms with Gasteiger partial charge in [-0.15, -0.1) is 17.9 Å². The highest BCUT2D eigenvalue weighted by molar-refractivity contribution is 7.80. The molecule has 2 N–H and O–H groups in total. The molecule has 0 saturated heterocycles. The molecule has 1 aromatic carbocycles. The second-order valence-corrected chi connectivity index (χ2v) is 5.19. The third-order valence-corrected chi connectivity index (χ3v) is 3.58. The van der Waals surface area contributed by atoms with Crippen LogP contribution >= 0.6 is 23.6 Å². The fourth-order valence-electron chi connectivity index (χ4n) is 1.59. The summed E-state index contributed by atoms with van der Waals surface area (Å²) in [5.41, 5.74) is 2.31. The molecule has 0 amide bonds. The molecular formula is C14H15N3S2. The molecule has 2 rings (SSSR count). The van der Waals surface area contributed by atoms with E-state index in [1.54, 1.807) is 17.4 Å². The molecule has 1 aromatic heterocycles. The number of thiazole rings is 1. The van der Waals surface area contributed by atoms with E-state index in [2.05, 4.69) is 40.4 Å². The van der Waals surface area contributed by atoms with Gasteiger partial charge in [0.15, 0.2) is 5.11 Å². The first kappa shape index (κ1) is 13.7. The zero-order chi connectivity index (χ0) is 13.5. The largest absolute Gasteiger partial charge is 0.359 e. The van der Waals surface area contributed by atoms with Crippen molar-refractivity contribution in [3.05, 3.63) is 54.1 Å². The maximum absolute atomic E-state index is 5.15. The smallest absolute Gasteiger partial charge is 0.166 e. The van der Waals surface area contributed by atoms with Crippen molar-refractivity contribution in [3.8, 4) is 10.6 Å². The molecule has 0 aliphatic heterocycles. The second kappa shape index (κ2) is 7.01. The summed E-state index contributed by atoms with van der Waals surface area (Å²) in [6.45, 7) is 5.00. The van der Waals surface area contributed by atoms with Crippen LogP contribution in [-0.2, 0) is 6.54 Å². The number of benzene rings is 1. The van der Waals surface area contributed by atoms with Crippen molar-refractivity contribution in [2.75, 3.05) is 6.54 Å². The van der Waals surface area contributed by atoms with Crippen LogP contribution in [0.15, 0.2) is 48.5 Å². The second-order valence-electron chi connectivity index (χ2n) is 3.89. The lowest BCUT2D eigenvalue weighted by atomic mass is 10.1. The van der Waals surface area contributed by atoms with Crippen LogP contribution in [0.3, 0.4) is 0 Å². The fraction of sp³-hybridized carbons (Fsp3) is 0.143. The lowest BCUT2D eigenvalue weighted by Crippen LogP contribution is -2.34. The Morgan fingerprint density at radius 2 is 2.32 bits per heavy atom.